The van der Waals surface area contributed by atoms with Gasteiger partial charge in [0.05, 0.1) is 11.3 Å². The third-order valence-corrected chi connectivity index (χ3v) is 7.41. The summed E-state index contributed by atoms with van der Waals surface area (Å²) >= 11 is 1.94. The summed E-state index contributed by atoms with van der Waals surface area (Å²) in [7, 11) is 0. The minimum Gasteiger partial charge on any atom is -0.380 e. The molecule has 1 unspecified atom stereocenters. The van der Waals surface area contributed by atoms with Crippen molar-refractivity contribution in [3.8, 4) is 0 Å². The van der Waals surface area contributed by atoms with E-state index in [1.54, 1.807) is 6.07 Å². The van der Waals surface area contributed by atoms with Crippen molar-refractivity contribution in [1.29, 1.82) is 0 Å². The van der Waals surface area contributed by atoms with Crippen LogP contribution in [0.15, 0.2) is 54.3 Å². The summed E-state index contributed by atoms with van der Waals surface area (Å²) in [5, 5.41) is 7.07. The molecule has 2 aliphatic rings. The number of carbonyl (C=O) groups excluding carboxylic acids is 1. The number of allylic oxidation sites excluding steroid dienone is 2. The van der Waals surface area contributed by atoms with Gasteiger partial charge in [-0.25, -0.2) is 13.8 Å². The van der Waals surface area contributed by atoms with Gasteiger partial charge < -0.3 is 16.4 Å². The highest BCUT2D eigenvalue weighted by Gasteiger charge is 2.23. The van der Waals surface area contributed by atoms with Crippen molar-refractivity contribution in [2.24, 2.45) is 11.7 Å². The Morgan fingerprint density at radius 3 is 2.53 bits per heavy atom. The molecule has 2 heterocycles. The van der Waals surface area contributed by atoms with Gasteiger partial charge in [0, 0.05) is 49.3 Å². The number of carbonyl (C=O) groups is 1. The number of hydrogen-bond acceptors (Lipinski definition) is 6. The molecule has 1 saturated heterocycles. The fourth-order valence-corrected chi connectivity index (χ4v) is 5.63. The van der Waals surface area contributed by atoms with Gasteiger partial charge in [-0.15, -0.1) is 0 Å². The molecule has 0 spiro atoms. The number of nitrogens with two attached hydrogens (primary N) is 1. The molecule has 1 aliphatic carbocycles. The first kappa shape index (κ1) is 26.2. The molecular formula is C27H33F2N5OS. The molecule has 6 nitrogen and oxygen atoms in total. The lowest BCUT2D eigenvalue weighted by Gasteiger charge is -2.33. The summed E-state index contributed by atoms with van der Waals surface area (Å²) < 4.78 is 29.5. The van der Waals surface area contributed by atoms with Gasteiger partial charge >= 0.3 is 0 Å². The summed E-state index contributed by atoms with van der Waals surface area (Å²) in [6.07, 6.45) is 11.3. The van der Waals surface area contributed by atoms with Crippen LogP contribution >= 0.6 is 11.9 Å². The van der Waals surface area contributed by atoms with Gasteiger partial charge in [0.25, 0.3) is 5.91 Å². The molecule has 2 aromatic rings. The van der Waals surface area contributed by atoms with Crippen LogP contribution in [0.3, 0.4) is 0 Å². The summed E-state index contributed by atoms with van der Waals surface area (Å²) in [6.45, 7) is 6.83. The summed E-state index contributed by atoms with van der Waals surface area (Å²) in [6, 6.07) is 5.07. The van der Waals surface area contributed by atoms with E-state index in [0.717, 1.165) is 25.6 Å². The second-order valence-electron chi connectivity index (χ2n) is 9.52. The molecular weight excluding hydrogens is 480 g/mol. The highest BCUT2D eigenvalue weighted by Crippen LogP contribution is 2.32. The Morgan fingerprint density at radius 2 is 1.92 bits per heavy atom. The molecule has 1 aromatic carbocycles. The number of rotatable bonds is 9. The van der Waals surface area contributed by atoms with E-state index in [2.05, 4.69) is 52.0 Å². The fourth-order valence-electron chi connectivity index (χ4n) is 4.62. The van der Waals surface area contributed by atoms with Crippen molar-refractivity contribution >= 4 is 29.4 Å². The van der Waals surface area contributed by atoms with Gasteiger partial charge in [-0.3, -0.25) is 9.10 Å². The van der Waals surface area contributed by atoms with E-state index in [1.165, 1.54) is 36.7 Å². The van der Waals surface area contributed by atoms with E-state index in [9.17, 15) is 13.6 Å². The second-order valence-corrected chi connectivity index (χ2v) is 11.2. The number of amides is 1. The van der Waals surface area contributed by atoms with Gasteiger partial charge in [-0.05, 0) is 48.4 Å². The van der Waals surface area contributed by atoms with Gasteiger partial charge in [-0.2, -0.15) is 0 Å². The van der Waals surface area contributed by atoms with E-state index in [4.69, 9.17) is 5.73 Å². The van der Waals surface area contributed by atoms with Crippen molar-refractivity contribution in [3.63, 3.8) is 0 Å². The van der Waals surface area contributed by atoms with Crippen LogP contribution in [-0.4, -0.2) is 39.6 Å². The number of benzene rings is 1. The highest BCUT2D eigenvalue weighted by molar-refractivity contribution is 7.97. The van der Waals surface area contributed by atoms with Crippen molar-refractivity contribution in [3.05, 3.63) is 77.0 Å². The smallest absolute Gasteiger partial charge is 0.252 e. The Kier molecular flexibility index (Phi) is 8.64. The van der Waals surface area contributed by atoms with Crippen molar-refractivity contribution in [1.82, 2.24) is 9.29 Å². The monoisotopic (exact) mass is 513 g/mol. The molecule has 0 saturated carbocycles. The van der Waals surface area contributed by atoms with Gasteiger partial charge in [0.2, 0.25) is 0 Å². The third-order valence-electron chi connectivity index (χ3n) is 6.32. The Hall–Kier alpha value is -2.91. The standard InChI is InChI=1S/C27H33F2N5OS/c1-17(2)36-34-9-7-20(8-10-34)19-3-5-23(6-4-19)33-26-14-25(24(16-32-26)27(30)35)31-15-18-11-21(28)13-22(29)12-18/h3-5,11-14,16-17,20,23H,6-10,15H2,1-2H3,(H2,30,35)(H2,31,32,33). The average molecular weight is 514 g/mol. The van der Waals surface area contributed by atoms with Crippen molar-refractivity contribution in [2.75, 3.05) is 23.7 Å². The van der Waals surface area contributed by atoms with Crippen LogP contribution in [0.25, 0.3) is 0 Å². The number of primary amides is 1. The van der Waals surface area contributed by atoms with Gasteiger partial charge in [0.15, 0.2) is 0 Å². The molecule has 9 heteroatoms. The normalized spacial score (nSPS) is 18.8. The van der Waals surface area contributed by atoms with Crippen LogP contribution in [0.1, 0.15) is 49.0 Å². The predicted octanol–water partition coefficient (Wildman–Crippen LogP) is 5.51. The molecule has 1 aromatic heterocycles. The number of aromatic nitrogens is 1. The Labute approximate surface area is 215 Å². The van der Waals surface area contributed by atoms with Crippen LogP contribution in [-0.2, 0) is 6.54 Å². The minimum atomic E-state index is -0.657. The zero-order valence-corrected chi connectivity index (χ0v) is 21.5. The largest absolute Gasteiger partial charge is 0.380 e. The van der Waals surface area contributed by atoms with E-state index in [1.807, 2.05) is 11.9 Å². The maximum absolute atomic E-state index is 13.5. The molecule has 4 rings (SSSR count). The maximum atomic E-state index is 13.5. The zero-order chi connectivity index (χ0) is 25.7. The summed E-state index contributed by atoms with van der Waals surface area (Å²) in [5.41, 5.74) is 7.98. The lowest BCUT2D eigenvalue weighted by atomic mass is 9.86. The maximum Gasteiger partial charge on any atom is 0.252 e. The molecule has 1 amide bonds. The molecule has 0 bridgehead atoms. The number of anilines is 2. The van der Waals surface area contributed by atoms with Crippen LogP contribution in [0.4, 0.5) is 20.3 Å². The second kappa shape index (κ2) is 11.9. The van der Waals surface area contributed by atoms with Crippen LogP contribution in [0.5, 0.6) is 0 Å². The quantitative estimate of drug-likeness (QED) is 0.384. The van der Waals surface area contributed by atoms with Crippen LogP contribution in [0, 0.1) is 17.6 Å². The number of pyridine rings is 1. The number of piperidine rings is 1. The third kappa shape index (κ3) is 7.07. The van der Waals surface area contributed by atoms with Crippen molar-refractivity contribution < 1.29 is 13.6 Å². The molecule has 36 heavy (non-hydrogen) atoms. The predicted molar refractivity (Wildman–Crippen MR) is 143 cm³/mol. The van der Waals surface area contributed by atoms with Gasteiger partial charge in [-0.1, -0.05) is 44.0 Å². The molecule has 192 valence electrons. The lowest BCUT2D eigenvalue weighted by Crippen LogP contribution is -2.31. The highest BCUT2D eigenvalue weighted by atomic mass is 32.2. The topological polar surface area (TPSA) is 83.3 Å². The first-order valence-electron chi connectivity index (χ1n) is 12.3. The molecule has 1 aliphatic heterocycles. The Morgan fingerprint density at radius 1 is 1.19 bits per heavy atom. The zero-order valence-electron chi connectivity index (χ0n) is 20.6. The molecule has 0 radical (unpaired) electrons. The summed E-state index contributed by atoms with van der Waals surface area (Å²) in [4.78, 5) is 16.2. The fraction of sp³-hybridized carbons (Fsp3) is 0.407. The van der Waals surface area contributed by atoms with E-state index < -0.39 is 17.5 Å². The van der Waals surface area contributed by atoms with Crippen molar-refractivity contribution in [2.45, 2.75) is 50.9 Å². The summed E-state index contributed by atoms with van der Waals surface area (Å²) in [5.74, 6) is -0.767. The van der Waals surface area contributed by atoms with E-state index in [-0.39, 0.29) is 18.2 Å². The van der Waals surface area contributed by atoms with Gasteiger partial charge in [0.1, 0.15) is 17.5 Å². The number of nitrogens with one attached hydrogen (secondary N) is 2. The lowest BCUT2D eigenvalue weighted by molar-refractivity contribution is 0.100. The Bertz CT molecular complexity index is 1120. The SMILES string of the molecule is CC(C)SN1CCC(C2=CCC(Nc3cc(NCc4cc(F)cc(F)c4)c(C(N)=O)cn3)C=C2)CC1. The molecule has 4 N–H and O–H groups in total. The first-order chi connectivity index (χ1) is 17.3. The van der Waals surface area contributed by atoms with E-state index >= 15 is 0 Å². The minimum absolute atomic E-state index is 0.0717. The average Bonchev–Trinajstić information content (AvgIpc) is 2.83. The Balaban J connectivity index is 1.36. The molecule has 1 fully saturated rings. The molecule has 1 atom stereocenters. The number of hydrogen-bond donors (Lipinski definition) is 3. The number of halogens is 2. The number of nitrogens with zero attached hydrogens (tertiary/aromatic N) is 2. The first-order valence-corrected chi connectivity index (χ1v) is 13.2. The van der Waals surface area contributed by atoms with E-state index in [0.29, 0.717) is 28.2 Å². The van der Waals surface area contributed by atoms with Crippen LogP contribution < -0.4 is 16.4 Å². The van der Waals surface area contributed by atoms with Crippen LogP contribution in [0.2, 0.25) is 0 Å².